The fraction of sp³-hybridized carbons (Fsp3) is 0.364. The molecule has 0 aliphatic carbocycles. The van der Waals surface area contributed by atoms with Crippen molar-refractivity contribution in [2.24, 2.45) is 5.10 Å². The van der Waals surface area contributed by atoms with E-state index in [0.29, 0.717) is 10.7 Å². The Kier molecular flexibility index (Phi) is 3.16. The quantitative estimate of drug-likeness (QED) is 0.881. The van der Waals surface area contributed by atoms with Gasteiger partial charge in [-0.3, -0.25) is 4.90 Å². The summed E-state index contributed by atoms with van der Waals surface area (Å²) in [6.07, 6.45) is -4.66. The van der Waals surface area contributed by atoms with Crippen LogP contribution in [-0.4, -0.2) is 35.5 Å². The lowest BCUT2D eigenvalue weighted by Crippen LogP contribution is -2.43. The maximum Gasteiger partial charge on any atom is 0.407 e. The predicted octanol–water partition coefficient (Wildman–Crippen LogP) is 1.90. The second-order valence-electron chi connectivity index (χ2n) is 4.03. The molecule has 1 aliphatic heterocycles. The van der Waals surface area contributed by atoms with Crippen LogP contribution in [0.2, 0.25) is 0 Å². The van der Waals surface area contributed by atoms with Gasteiger partial charge in [0, 0.05) is 5.69 Å². The molecule has 2 rings (SSSR count). The Morgan fingerprint density at radius 1 is 1.28 bits per heavy atom. The number of nitrogens with zero attached hydrogens (tertiary/aromatic N) is 3. The van der Waals surface area contributed by atoms with E-state index < -0.39 is 19.1 Å². The van der Waals surface area contributed by atoms with Crippen LogP contribution in [-0.2, 0) is 0 Å². The SMILES string of the molecule is Cc1ccc(N2C=NN(CC(F)(F)F)C2O)cc1. The standard InChI is InChI=1S/C11H12F3N3O/c1-8-2-4-9(5-3-8)16-7-15-17(10(16)18)6-11(12,13)14/h2-5,7,10,18H,6H2,1H3. The van der Waals surface area contributed by atoms with Crippen LogP contribution in [0.4, 0.5) is 18.9 Å². The van der Waals surface area contributed by atoms with Crippen LogP contribution in [0.15, 0.2) is 29.4 Å². The summed E-state index contributed by atoms with van der Waals surface area (Å²) >= 11 is 0. The maximum absolute atomic E-state index is 12.2. The predicted molar refractivity (Wildman–Crippen MR) is 60.9 cm³/mol. The molecule has 0 aromatic heterocycles. The fourth-order valence-corrected chi connectivity index (χ4v) is 1.61. The van der Waals surface area contributed by atoms with Crippen molar-refractivity contribution in [1.29, 1.82) is 0 Å². The van der Waals surface area contributed by atoms with E-state index in [2.05, 4.69) is 5.10 Å². The highest BCUT2D eigenvalue weighted by molar-refractivity contribution is 5.80. The lowest BCUT2D eigenvalue weighted by atomic mass is 10.2. The van der Waals surface area contributed by atoms with E-state index >= 15 is 0 Å². The van der Waals surface area contributed by atoms with Gasteiger partial charge in [-0.15, -0.1) is 0 Å². The average molecular weight is 259 g/mol. The van der Waals surface area contributed by atoms with Crippen molar-refractivity contribution in [3.8, 4) is 0 Å². The summed E-state index contributed by atoms with van der Waals surface area (Å²) in [6, 6.07) is 7.04. The van der Waals surface area contributed by atoms with Gasteiger partial charge in [-0.1, -0.05) is 17.7 Å². The normalized spacial score (nSPS) is 19.7. The lowest BCUT2D eigenvalue weighted by Gasteiger charge is -2.26. The van der Waals surface area contributed by atoms with Gasteiger partial charge in [-0.05, 0) is 19.1 Å². The Morgan fingerprint density at radius 2 is 1.89 bits per heavy atom. The van der Waals surface area contributed by atoms with E-state index in [4.69, 9.17) is 0 Å². The number of hydrogen-bond acceptors (Lipinski definition) is 4. The minimum Gasteiger partial charge on any atom is -0.355 e. The molecule has 98 valence electrons. The monoisotopic (exact) mass is 259 g/mol. The molecule has 1 N–H and O–H groups in total. The molecule has 1 aromatic rings. The second-order valence-corrected chi connectivity index (χ2v) is 4.03. The summed E-state index contributed by atoms with van der Waals surface area (Å²) < 4.78 is 36.7. The first-order valence-corrected chi connectivity index (χ1v) is 5.27. The minimum atomic E-state index is -4.40. The maximum atomic E-state index is 12.2. The fourth-order valence-electron chi connectivity index (χ4n) is 1.61. The van der Waals surface area contributed by atoms with Gasteiger partial charge in [0.25, 0.3) is 0 Å². The molecule has 0 spiro atoms. The van der Waals surface area contributed by atoms with E-state index in [1.54, 1.807) is 12.1 Å². The van der Waals surface area contributed by atoms with Crippen molar-refractivity contribution in [2.75, 3.05) is 11.4 Å². The summed E-state index contributed by atoms with van der Waals surface area (Å²) in [7, 11) is 0. The van der Waals surface area contributed by atoms with Crippen LogP contribution < -0.4 is 4.90 Å². The van der Waals surface area contributed by atoms with Crippen LogP contribution >= 0.6 is 0 Å². The van der Waals surface area contributed by atoms with Gasteiger partial charge in [0.15, 0.2) is 0 Å². The zero-order chi connectivity index (χ0) is 13.3. The molecule has 0 amide bonds. The molecule has 7 heteroatoms. The molecule has 0 saturated carbocycles. The van der Waals surface area contributed by atoms with Crippen molar-refractivity contribution in [3.63, 3.8) is 0 Å². The largest absolute Gasteiger partial charge is 0.407 e. The van der Waals surface area contributed by atoms with Crippen molar-refractivity contribution in [3.05, 3.63) is 29.8 Å². The Balaban J connectivity index is 2.10. The summed E-state index contributed by atoms with van der Waals surface area (Å²) in [5.74, 6) is 0. The zero-order valence-electron chi connectivity index (χ0n) is 9.59. The van der Waals surface area contributed by atoms with E-state index in [1.165, 1.54) is 11.2 Å². The molecule has 0 fully saturated rings. The first kappa shape index (κ1) is 12.7. The first-order chi connectivity index (χ1) is 8.37. The first-order valence-electron chi connectivity index (χ1n) is 5.27. The van der Waals surface area contributed by atoms with Crippen LogP contribution in [0.1, 0.15) is 5.56 Å². The number of hydrazone groups is 1. The molecule has 1 atom stereocenters. The van der Waals surface area contributed by atoms with Crippen LogP contribution in [0, 0.1) is 6.92 Å². The molecular weight excluding hydrogens is 247 g/mol. The van der Waals surface area contributed by atoms with Crippen molar-refractivity contribution >= 4 is 12.0 Å². The molecular formula is C11H12F3N3O. The van der Waals surface area contributed by atoms with Gasteiger partial charge in [0.2, 0.25) is 6.35 Å². The lowest BCUT2D eigenvalue weighted by molar-refractivity contribution is -0.162. The van der Waals surface area contributed by atoms with Crippen LogP contribution in [0.25, 0.3) is 0 Å². The number of aliphatic hydroxyl groups excluding tert-OH is 1. The Morgan fingerprint density at radius 3 is 2.44 bits per heavy atom. The topological polar surface area (TPSA) is 39.1 Å². The van der Waals surface area contributed by atoms with Gasteiger partial charge in [0.1, 0.15) is 12.9 Å². The van der Waals surface area contributed by atoms with Crippen LogP contribution in [0.3, 0.4) is 0 Å². The van der Waals surface area contributed by atoms with Gasteiger partial charge in [-0.2, -0.15) is 18.3 Å². The molecule has 0 bridgehead atoms. The Labute approximate surface area is 102 Å². The van der Waals surface area contributed by atoms with Crippen molar-refractivity contribution in [2.45, 2.75) is 19.5 Å². The van der Waals surface area contributed by atoms with Gasteiger partial charge in [-0.25, -0.2) is 5.01 Å². The molecule has 4 nitrogen and oxygen atoms in total. The highest BCUT2D eigenvalue weighted by Gasteiger charge is 2.37. The summed E-state index contributed by atoms with van der Waals surface area (Å²) in [6.45, 7) is 0.612. The van der Waals surface area contributed by atoms with Crippen molar-refractivity contribution < 1.29 is 18.3 Å². The molecule has 1 aromatic carbocycles. The van der Waals surface area contributed by atoms with Gasteiger partial charge >= 0.3 is 6.18 Å². The zero-order valence-corrected chi connectivity index (χ0v) is 9.59. The molecule has 0 radical (unpaired) electrons. The highest BCUT2D eigenvalue weighted by Crippen LogP contribution is 2.24. The van der Waals surface area contributed by atoms with E-state index in [1.807, 2.05) is 19.1 Å². The van der Waals surface area contributed by atoms with E-state index in [0.717, 1.165) is 5.56 Å². The van der Waals surface area contributed by atoms with Crippen molar-refractivity contribution in [1.82, 2.24) is 5.01 Å². The van der Waals surface area contributed by atoms with E-state index in [-0.39, 0.29) is 0 Å². The number of aliphatic hydroxyl groups is 1. The third kappa shape index (κ3) is 2.73. The minimum absolute atomic E-state index is 0.583. The number of benzene rings is 1. The van der Waals surface area contributed by atoms with Gasteiger partial charge < -0.3 is 5.11 Å². The molecule has 1 unspecified atom stereocenters. The van der Waals surface area contributed by atoms with E-state index in [9.17, 15) is 18.3 Å². The Hall–Kier alpha value is -1.76. The number of aryl methyl sites for hydroxylation is 1. The third-order valence-corrected chi connectivity index (χ3v) is 2.51. The van der Waals surface area contributed by atoms with Crippen LogP contribution in [0.5, 0.6) is 0 Å². The molecule has 0 saturated heterocycles. The summed E-state index contributed by atoms with van der Waals surface area (Å²) in [5, 5.41) is 13.9. The average Bonchev–Trinajstić information content (AvgIpc) is 2.60. The summed E-state index contributed by atoms with van der Waals surface area (Å²) in [5.41, 5.74) is 1.61. The number of halogens is 3. The number of alkyl halides is 3. The Bertz CT molecular complexity index is 444. The third-order valence-electron chi connectivity index (χ3n) is 2.51. The number of rotatable bonds is 2. The highest BCUT2D eigenvalue weighted by atomic mass is 19.4. The van der Waals surface area contributed by atoms with Gasteiger partial charge in [0.05, 0.1) is 0 Å². The smallest absolute Gasteiger partial charge is 0.355 e. The second kappa shape index (κ2) is 4.49. The molecule has 1 aliphatic rings. The molecule has 1 heterocycles. The molecule has 18 heavy (non-hydrogen) atoms. The number of anilines is 1. The number of hydrogen-bond donors (Lipinski definition) is 1. The summed E-state index contributed by atoms with van der Waals surface area (Å²) in [4.78, 5) is 1.27.